The molecule has 7 nitrogen and oxygen atoms in total. The molecular formula is C8H7N3O4P2. The van der Waals surface area contributed by atoms with Gasteiger partial charge in [-0.25, -0.2) is 0 Å². The molecule has 2 N–H and O–H groups in total. The zero-order valence-corrected chi connectivity index (χ0v) is 10.2. The minimum atomic E-state index is -1.11. The van der Waals surface area contributed by atoms with E-state index in [1.54, 1.807) is 0 Å². The van der Waals surface area contributed by atoms with Gasteiger partial charge in [-0.05, 0) is 0 Å². The molecule has 0 radical (unpaired) electrons. The Bertz CT molecular complexity index is 615. The predicted octanol–water partition coefficient (Wildman–Crippen LogP) is 0.733. The first-order valence-corrected chi connectivity index (χ1v) is 5.96. The number of carboxylic acids is 1. The van der Waals surface area contributed by atoms with E-state index in [1.165, 1.54) is 17.1 Å². The third-order valence-electron chi connectivity index (χ3n) is 1.79. The van der Waals surface area contributed by atoms with E-state index in [0.29, 0.717) is 5.69 Å². The van der Waals surface area contributed by atoms with Gasteiger partial charge in [-0.15, -0.1) is 0 Å². The van der Waals surface area contributed by atoms with Crippen molar-refractivity contribution in [2.45, 2.75) is 12.5 Å². The van der Waals surface area contributed by atoms with Gasteiger partial charge in [-0.2, -0.15) is 0 Å². The maximum atomic E-state index is 10.8. The number of hydrogen-bond acceptors (Lipinski definition) is 5. The van der Waals surface area contributed by atoms with Gasteiger partial charge in [0.2, 0.25) is 0 Å². The molecule has 0 amide bonds. The van der Waals surface area contributed by atoms with Crippen LogP contribution < -0.4 is 5.32 Å². The van der Waals surface area contributed by atoms with Crippen molar-refractivity contribution < 1.29 is 19.0 Å². The van der Waals surface area contributed by atoms with Gasteiger partial charge in [-0.1, -0.05) is 0 Å². The van der Waals surface area contributed by atoms with Crippen molar-refractivity contribution in [3.63, 3.8) is 0 Å². The number of carbonyl (C=O) groups is 1. The Hall–Kier alpha value is -1.34. The van der Waals surface area contributed by atoms with Crippen molar-refractivity contribution in [3.8, 4) is 11.5 Å². The summed E-state index contributed by atoms with van der Waals surface area (Å²) in [5.41, 5.74) is 0.477. The molecule has 0 unspecified atom stereocenters. The quantitative estimate of drug-likeness (QED) is 0.618. The van der Waals surface area contributed by atoms with Crippen LogP contribution in [0.15, 0.2) is 12.5 Å². The van der Waals surface area contributed by atoms with Crippen molar-refractivity contribution in [1.29, 1.82) is 0 Å². The van der Waals surface area contributed by atoms with Crippen molar-refractivity contribution in [3.05, 3.63) is 18.2 Å². The summed E-state index contributed by atoms with van der Waals surface area (Å²) in [4.78, 5) is 14.7. The molecule has 1 aromatic rings. The molecule has 1 heterocycles. The third kappa shape index (κ3) is 4.58. The molecule has 0 aliphatic rings. The van der Waals surface area contributed by atoms with Gasteiger partial charge in [0.05, 0.1) is 0 Å². The first-order valence-electron chi connectivity index (χ1n) is 4.34. The summed E-state index contributed by atoms with van der Waals surface area (Å²) in [6.07, 6.45) is 2.94. The second-order valence-corrected chi connectivity index (χ2v) is 3.69. The van der Waals surface area contributed by atoms with Gasteiger partial charge >= 0.3 is 97.9 Å². The molecule has 1 aromatic heterocycles. The predicted molar refractivity (Wildman–Crippen MR) is 58.9 cm³/mol. The molecule has 0 fully saturated rings. The van der Waals surface area contributed by atoms with E-state index >= 15 is 0 Å². The zero-order chi connectivity index (χ0) is 12.7. The van der Waals surface area contributed by atoms with E-state index in [-0.39, 0.29) is 14.3 Å². The summed E-state index contributed by atoms with van der Waals surface area (Å²) in [6, 6.07) is -0.968. The Balaban J connectivity index is 2.79. The first kappa shape index (κ1) is 13.7. The molecule has 88 valence electrons. The number of aliphatic carboxylic acids is 1. The van der Waals surface area contributed by atoms with Crippen molar-refractivity contribution >= 4 is 21.8 Å². The fourth-order valence-electron chi connectivity index (χ4n) is 1.08. The molecule has 1 rings (SSSR count). The number of imidazole rings is 1. The summed E-state index contributed by atoms with van der Waals surface area (Å²) >= 11 is 0. The topological polar surface area (TPSA) is 101 Å². The number of hydrogen-bond donors (Lipinski definition) is 2. The molecule has 0 aromatic carbocycles. The number of nitrogens with zero attached hydrogens (tertiary/aromatic N) is 2. The van der Waals surface area contributed by atoms with Gasteiger partial charge in [0.1, 0.15) is 0 Å². The van der Waals surface area contributed by atoms with E-state index in [2.05, 4.69) is 21.8 Å². The van der Waals surface area contributed by atoms with Crippen molar-refractivity contribution in [1.82, 2.24) is 14.9 Å². The molecule has 9 heteroatoms. The van der Waals surface area contributed by atoms with Crippen LogP contribution in [-0.4, -0.2) is 26.7 Å². The molecule has 0 spiro atoms. The van der Waals surface area contributed by atoms with Crippen molar-refractivity contribution in [2.24, 2.45) is 0 Å². The summed E-state index contributed by atoms with van der Waals surface area (Å²) in [6.45, 7) is 0. The van der Waals surface area contributed by atoms with Gasteiger partial charge in [-0.3, -0.25) is 0 Å². The Kier molecular flexibility index (Phi) is 5.71. The second kappa shape index (κ2) is 7.08. The minimum absolute atomic E-state index is 0.0856. The molecule has 0 aliphatic heterocycles. The number of aromatic nitrogens is 2. The molecule has 0 aliphatic carbocycles. The van der Waals surface area contributed by atoms with Crippen LogP contribution in [0.5, 0.6) is 0 Å². The molecule has 17 heavy (non-hydrogen) atoms. The average molecular weight is 271 g/mol. The molecule has 1 atom stereocenters. The summed E-state index contributed by atoms with van der Waals surface area (Å²) < 4.78 is 21.7. The standard InChI is InChI=1S/C8H7N3O4P2/c12-8(13)7(10-4-16-14)1-6-2-11(3-9-6)5-17-15/h2-3,7,10H,1H2,(H,12,13)/t7-/m0/s1. The zero-order valence-electron chi connectivity index (χ0n) is 8.40. The normalized spacial score (nSPS) is 11.1. The average Bonchev–Trinajstić information content (AvgIpc) is 2.72. The first-order chi connectivity index (χ1) is 8.17. The van der Waals surface area contributed by atoms with Gasteiger partial charge < -0.3 is 0 Å². The fraction of sp³-hybridized carbons (Fsp3) is 0.250. The van der Waals surface area contributed by atoms with Crippen molar-refractivity contribution in [2.75, 3.05) is 0 Å². The van der Waals surface area contributed by atoms with E-state index < -0.39 is 19.9 Å². The Morgan fingerprint density at radius 2 is 2.35 bits per heavy atom. The maximum absolute atomic E-state index is 10.8. The summed E-state index contributed by atoms with van der Waals surface area (Å²) in [7, 11) is -0.705. The van der Waals surface area contributed by atoms with Crippen LogP contribution >= 0.6 is 15.8 Å². The molecular weight excluding hydrogens is 264 g/mol. The van der Waals surface area contributed by atoms with E-state index in [9.17, 15) is 13.9 Å². The number of nitrogens with one attached hydrogen (secondary N) is 1. The molecule has 0 bridgehead atoms. The SMILES string of the molecule is O=P#CN[C@@H](Cc1cn(C#P=O)cn1)C(=O)O. The van der Waals surface area contributed by atoms with Crippen LogP contribution in [0.1, 0.15) is 5.69 Å². The third-order valence-corrected chi connectivity index (χ3v) is 2.32. The van der Waals surface area contributed by atoms with Gasteiger partial charge in [0.25, 0.3) is 0 Å². The van der Waals surface area contributed by atoms with Crippen LogP contribution in [-0.2, 0) is 20.3 Å². The fourth-order valence-corrected chi connectivity index (χ4v) is 1.50. The summed E-state index contributed by atoms with van der Waals surface area (Å²) in [5, 5.41) is 11.2. The van der Waals surface area contributed by atoms with Crippen LogP contribution in [0.2, 0.25) is 0 Å². The molecule has 0 saturated carbocycles. The van der Waals surface area contributed by atoms with Crippen LogP contribution in [0.3, 0.4) is 0 Å². The van der Waals surface area contributed by atoms with E-state index in [1.807, 2.05) is 0 Å². The summed E-state index contributed by atoms with van der Waals surface area (Å²) in [5.74, 6) is 3.47. The Morgan fingerprint density at radius 3 is 2.94 bits per heavy atom. The Labute approximate surface area is 98.5 Å². The van der Waals surface area contributed by atoms with E-state index in [0.717, 1.165) is 0 Å². The van der Waals surface area contributed by atoms with Crippen LogP contribution in [0.25, 0.3) is 0 Å². The van der Waals surface area contributed by atoms with Gasteiger partial charge in [0.15, 0.2) is 0 Å². The van der Waals surface area contributed by atoms with Crippen LogP contribution in [0, 0.1) is 11.5 Å². The van der Waals surface area contributed by atoms with E-state index in [4.69, 9.17) is 5.11 Å². The number of carboxylic acid groups (broad SMARTS) is 1. The molecule has 0 saturated heterocycles. The Morgan fingerprint density at radius 1 is 1.59 bits per heavy atom. The second-order valence-electron chi connectivity index (χ2n) is 2.91. The number of rotatable bonds is 4. The monoisotopic (exact) mass is 271 g/mol. The van der Waals surface area contributed by atoms with Crippen LogP contribution in [0.4, 0.5) is 0 Å². The van der Waals surface area contributed by atoms with Gasteiger partial charge in [0, 0.05) is 0 Å².